The number of anilines is 1. The molecule has 1 aromatic carbocycles. The maximum absolute atomic E-state index is 11.6. The van der Waals surface area contributed by atoms with Crippen molar-refractivity contribution in [2.45, 2.75) is 20.8 Å². The zero-order chi connectivity index (χ0) is 15.5. The van der Waals surface area contributed by atoms with Gasteiger partial charge < -0.3 is 10.1 Å². The highest BCUT2D eigenvalue weighted by Gasteiger charge is 2.28. The summed E-state index contributed by atoms with van der Waals surface area (Å²) in [6, 6.07) is 2.96. The predicted octanol–water partition coefficient (Wildman–Crippen LogP) is 3.60. The lowest BCUT2D eigenvalue weighted by Gasteiger charge is -2.20. The Morgan fingerprint density at radius 2 is 2.05 bits per heavy atom. The first kappa shape index (κ1) is 16.4. The first-order valence-corrected chi connectivity index (χ1v) is 6.76. The van der Waals surface area contributed by atoms with Crippen molar-refractivity contribution in [3.05, 3.63) is 32.3 Å². The monoisotopic (exact) mass is 344 g/mol. The molecule has 7 heteroatoms. The summed E-state index contributed by atoms with van der Waals surface area (Å²) < 4.78 is 5.11. The molecule has 0 aromatic heterocycles. The molecule has 0 amide bonds. The predicted molar refractivity (Wildman–Crippen MR) is 80.1 cm³/mol. The van der Waals surface area contributed by atoms with Crippen molar-refractivity contribution in [3.63, 3.8) is 0 Å². The van der Waals surface area contributed by atoms with Gasteiger partial charge in [0.1, 0.15) is 11.3 Å². The Labute approximate surface area is 125 Å². The minimum atomic E-state index is -0.733. The highest BCUT2D eigenvalue weighted by molar-refractivity contribution is 9.10. The summed E-state index contributed by atoms with van der Waals surface area (Å²) in [5.74, 6) is -0.733. The zero-order valence-corrected chi connectivity index (χ0v) is 13.4. The second kappa shape index (κ2) is 6.21. The highest BCUT2D eigenvalue weighted by atomic mass is 79.9. The average Bonchev–Trinajstić information content (AvgIpc) is 2.34. The molecule has 0 aliphatic rings. The van der Waals surface area contributed by atoms with Gasteiger partial charge in [0.25, 0.3) is 0 Å². The van der Waals surface area contributed by atoms with E-state index in [2.05, 4.69) is 26.0 Å². The number of methoxy groups -OCH3 is 1. The van der Waals surface area contributed by atoms with E-state index in [-0.39, 0.29) is 22.4 Å². The fraction of sp³-hybridized carbons (Fsp3) is 0.462. The number of nitrogens with one attached hydrogen (secondary N) is 1. The van der Waals surface area contributed by atoms with Crippen LogP contribution in [-0.2, 0) is 4.74 Å². The van der Waals surface area contributed by atoms with Crippen molar-refractivity contribution in [2.75, 3.05) is 19.0 Å². The first-order valence-electron chi connectivity index (χ1n) is 5.96. The fourth-order valence-electron chi connectivity index (χ4n) is 1.55. The highest BCUT2D eigenvalue weighted by Crippen LogP contribution is 2.36. The Morgan fingerprint density at radius 1 is 1.45 bits per heavy atom. The maximum Gasteiger partial charge on any atom is 0.344 e. The third-order valence-corrected chi connectivity index (χ3v) is 3.17. The van der Waals surface area contributed by atoms with E-state index in [1.165, 1.54) is 13.2 Å². The quantitative estimate of drug-likeness (QED) is 0.512. The number of benzene rings is 1. The molecule has 0 saturated heterocycles. The van der Waals surface area contributed by atoms with Gasteiger partial charge in [0.15, 0.2) is 0 Å². The number of halogens is 1. The van der Waals surface area contributed by atoms with Gasteiger partial charge in [0.05, 0.1) is 12.0 Å². The van der Waals surface area contributed by atoms with Crippen molar-refractivity contribution in [3.8, 4) is 0 Å². The van der Waals surface area contributed by atoms with E-state index in [1.54, 1.807) is 6.07 Å². The summed E-state index contributed by atoms with van der Waals surface area (Å²) in [5, 5.41) is 14.3. The molecular weight excluding hydrogens is 328 g/mol. The van der Waals surface area contributed by atoms with Crippen LogP contribution in [0.25, 0.3) is 0 Å². The van der Waals surface area contributed by atoms with Gasteiger partial charge in [-0.1, -0.05) is 20.8 Å². The van der Waals surface area contributed by atoms with E-state index in [0.29, 0.717) is 11.0 Å². The number of ether oxygens (including phenoxy) is 1. The summed E-state index contributed by atoms with van der Waals surface area (Å²) >= 11 is 3.27. The van der Waals surface area contributed by atoms with E-state index in [1.807, 2.05) is 20.8 Å². The van der Waals surface area contributed by atoms with Gasteiger partial charge in [-0.3, -0.25) is 10.1 Å². The van der Waals surface area contributed by atoms with E-state index in [4.69, 9.17) is 0 Å². The Kier molecular flexibility index (Phi) is 5.10. The van der Waals surface area contributed by atoms with Crippen LogP contribution in [0.1, 0.15) is 31.1 Å². The molecule has 0 heterocycles. The van der Waals surface area contributed by atoms with Crippen LogP contribution >= 0.6 is 15.9 Å². The minimum Gasteiger partial charge on any atom is -0.465 e. The summed E-state index contributed by atoms with van der Waals surface area (Å²) in [5.41, 5.74) is -0.130. The molecule has 6 nitrogen and oxygen atoms in total. The Hall–Kier alpha value is -1.63. The molecule has 0 atom stereocenters. The van der Waals surface area contributed by atoms with E-state index in [9.17, 15) is 14.9 Å². The van der Waals surface area contributed by atoms with Gasteiger partial charge in [0, 0.05) is 11.0 Å². The van der Waals surface area contributed by atoms with Crippen molar-refractivity contribution < 1.29 is 14.5 Å². The van der Waals surface area contributed by atoms with Crippen LogP contribution in [0.4, 0.5) is 11.4 Å². The topological polar surface area (TPSA) is 81.5 Å². The van der Waals surface area contributed by atoms with Crippen LogP contribution in [0.15, 0.2) is 16.6 Å². The molecule has 0 unspecified atom stereocenters. The van der Waals surface area contributed by atoms with Gasteiger partial charge in [-0.2, -0.15) is 0 Å². The van der Waals surface area contributed by atoms with Crippen LogP contribution in [0, 0.1) is 15.5 Å². The molecular formula is C13H17BrN2O4. The molecule has 0 aliphatic carbocycles. The Morgan fingerprint density at radius 3 is 2.50 bits per heavy atom. The molecule has 0 radical (unpaired) electrons. The fourth-order valence-corrected chi connectivity index (χ4v) is 2.01. The molecule has 1 rings (SSSR count). The third-order valence-electron chi connectivity index (χ3n) is 2.51. The number of esters is 1. The number of hydrogen-bond acceptors (Lipinski definition) is 5. The van der Waals surface area contributed by atoms with E-state index >= 15 is 0 Å². The summed E-state index contributed by atoms with van der Waals surface area (Å²) in [6.07, 6.45) is 0. The number of nitro groups is 1. The van der Waals surface area contributed by atoms with Gasteiger partial charge in [-0.25, -0.2) is 4.79 Å². The minimum absolute atomic E-state index is 0.0609. The average molecular weight is 345 g/mol. The Bertz CT molecular complexity index is 538. The summed E-state index contributed by atoms with van der Waals surface area (Å²) in [4.78, 5) is 22.3. The van der Waals surface area contributed by atoms with Crippen LogP contribution in [0.2, 0.25) is 0 Å². The van der Waals surface area contributed by atoms with Crippen LogP contribution in [0.5, 0.6) is 0 Å². The number of hydrogen-bond donors (Lipinski definition) is 1. The first-order chi connectivity index (χ1) is 9.17. The van der Waals surface area contributed by atoms with Crippen molar-refractivity contribution in [2.24, 2.45) is 5.41 Å². The van der Waals surface area contributed by atoms with Crippen molar-refractivity contribution in [1.29, 1.82) is 0 Å². The number of nitrogens with zero attached hydrogens (tertiary/aromatic N) is 1. The largest absolute Gasteiger partial charge is 0.465 e. The van der Waals surface area contributed by atoms with Crippen LogP contribution in [-0.4, -0.2) is 24.5 Å². The lowest BCUT2D eigenvalue weighted by Crippen LogP contribution is -2.20. The van der Waals surface area contributed by atoms with Gasteiger partial charge >= 0.3 is 11.7 Å². The molecule has 20 heavy (non-hydrogen) atoms. The number of carbonyl (C=O) groups is 1. The standard InChI is InChI=1S/C13H17BrN2O4/c1-13(2,3)7-15-10-9(14)6-5-8(12(17)20-4)11(10)16(18)19/h5-6,15H,7H2,1-4H3. The van der Waals surface area contributed by atoms with E-state index in [0.717, 1.165) is 0 Å². The van der Waals surface area contributed by atoms with Crippen LogP contribution in [0.3, 0.4) is 0 Å². The lowest BCUT2D eigenvalue weighted by molar-refractivity contribution is -0.384. The molecule has 0 aliphatic heterocycles. The SMILES string of the molecule is COC(=O)c1ccc(Br)c(NCC(C)(C)C)c1[N+](=O)[O-]. The summed E-state index contributed by atoms with van der Waals surface area (Å²) in [7, 11) is 1.19. The molecule has 0 spiro atoms. The molecule has 1 N–H and O–H groups in total. The Balaban J connectivity index is 3.33. The zero-order valence-electron chi connectivity index (χ0n) is 11.8. The molecule has 0 bridgehead atoms. The number of rotatable bonds is 4. The van der Waals surface area contributed by atoms with Crippen molar-refractivity contribution in [1.82, 2.24) is 0 Å². The number of nitro benzene ring substituents is 1. The van der Waals surface area contributed by atoms with Gasteiger partial charge in [-0.05, 0) is 33.5 Å². The second-order valence-corrected chi connectivity index (χ2v) is 6.34. The van der Waals surface area contributed by atoms with Gasteiger partial charge in [-0.15, -0.1) is 0 Å². The maximum atomic E-state index is 11.6. The molecule has 0 fully saturated rings. The molecule has 1 aromatic rings. The van der Waals surface area contributed by atoms with Crippen LogP contribution < -0.4 is 5.32 Å². The molecule has 0 saturated carbocycles. The third kappa shape index (κ3) is 3.93. The van der Waals surface area contributed by atoms with E-state index < -0.39 is 10.9 Å². The van der Waals surface area contributed by atoms with Crippen molar-refractivity contribution >= 4 is 33.3 Å². The normalized spacial score (nSPS) is 11.1. The number of carbonyl (C=O) groups excluding carboxylic acids is 1. The lowest BCUT2D eigenvalue weighted by atomic mass is 9.96. The smallest absolute Gasteiger partial charge is 0.344 e. The summed E-state index contributed by atoms with van der Waals surface area (Å²) in [6.45, 7) is 6.54. The second-order valence-electron chi connectivity index (χ2n) is 5.48. The van der Waals surface area contributed by atoms with Gasteiger partial charge in [0.2, 0.25) is 0 Å². The molecule has 110 valence electrons.